The van der Waals surface area contributed by atoms with Crippen molar-refractivity contribution in [3.63, 3.8) is 0 Å². The van der Waals surface area contributed by atoms with Gasteiger partial charge >= 0.3 is 0 Å². The highest BCUT2D eigenvalue weighted by molar-refractivity contribution is 4.64. The lowest BCUT2D eigenvalue weighted by Crippen LogP contribution is -2.07. The third-order valence-electron chi connectivity index (χ3n) is 2.41. The van der Waals surface area contributed by atoms with E-state index in [4.69, 9.17) is 5.53 Å². The van der Waals surface area contributed by atoms with Crippen molar-refractivity contribution in [3.8, 4) is 0 Å². The van der Waals surface area contributed by atoms with E-state index in [-0.39, 0.29) is 0 Å². The number of hydrogen-bond acceptors (Lipinski definition) is 1. The molecular formula is C9H19N3. The van der Waals surface area contributed by atoms with Crippen LogP contribution in [0.1, 0.15) is 40.0 Å². The Kier molecular flexibility index (Phi) is 6.58. The molecule has 0 rings (SSSR count). The van der Waals surface area contributed by atoms with E-state index in [1.54, 1.807) is 0 Å². The minimum absolute atomic E-state index is 0.579. The lowest BCUT2D eigenvalue weighted by atomic mass is 9.92. The molecule has 0 aliphatic rings. The van der Waals surface area contributed by atoms with Crippen LogP contribution in [0.4, 0.5) is 0 Å². The highest BCUT2D eigenvalue weighted by Gasteiger charge is 2.08. The first-order chi connectivity index (χ1) is 5.74. The van der Waals surface area contributed by atoms with E-state index in [2.05, 4.69) is 30.8 Å². The lowest BCUT2D eigenvalue weighted by Gasteiger charge is -2.15. The molecule has 0 aliphatic heterocycles. The van der Waals surface area contributed by atoms with Crippen molar-refractivity contribution in [2.45, 2.75) is 40.0 Å². The fraction of sp³-hybridized carbons (Fsp3) is 1.00. The first-order valence-corrected chi connectivity index (χ1v) is 4.75. The number of azide groups is 1. The average molecular weight is 169 g/mol. The van der Waals surface area contributed by atoms with Gasteiger partial charge in [0.1, 0.15) is 0 Å². The Morgan fingerprint density at radius 3 is 2.42 bits per heavy atom. The molecule has 0 unspecified atom stereocenters. The molecule has 0 aliphatic carbocycles. The Bertz CT molecular complexity index is 150. The second kappa shape index (κ2) is 6.99. The van der Waals surface area contributed by atoms with Crippen LogP contribution in [0.15, 0.2) is 5.11 Å². The quantitative estimate of drug-likeness (QED) is 0.330. The van der Waals surface area contributed by atoms with Crippen LogP contribution in [0.5, 0.6) is 0 Å². The van der Waals surface area contributed by atoms with Crippen LogP contribution >= 0.6 is 0 Å². The first kappa shape index (κ1) is 11.3. The molecule has 0 aromatic carbocycles. The second-order valence-electron chi connectivity index (χ2n) is 3.44. The van der Waals surface area contributed by atoms with Gasteiger partial charge in [0.2, 0.25) is 0 Å². The van der Waals surface area contributed by atoms with Gasteiger partial charge in [-0.2, -0.15) is 0 Å². The summed E-state index contributed by atoms with van der Waals surface area (Å²) in [5, 5.41) is 3.61. The van der Waals surface area contributed by atoms with Crippen LogP contribution in [-0.2, 0) is 0 Å². The van der Waals surface area contributed by atoms with Crippen molar-refractivity contribution < 1.29 is 0 Å². The van der Waals surface area contributed by atoms with Gasteiger partial charge in [-0.05, 0) is 23.8 Å². The second-order valence-corrected chi connectivity index (χ2v) is 3.44. The Morgan fingerprint density at radius 2 is 2.00 bits per heavy atom. The molecule has 0 amide bonds. The Hall–Kier alpha value is -0.690. The highest BCUT2D eigenvalue weighted by Crippen LogP contribution is 2.18. The Morgan fingerprint density at radius 1 is 1.33 bits per heavy atom. The molecule has 0 N–H and O–H groups in total. The molecule has 12 heavy (non-hydrogen) atoms. The highest BCUT2D eigenvalue weighted by atomic mass is 15.1. The summed E-state index contributed by atoms with van der Waals surface area (Å²) in [6, 6.07) is 0. The van der Waals surface area contributed by atoms with Crippen LogP contribution in [-0.4, -0.2) is 6.54 Å². The van der Waals surface area contributed by atoms with Crippen molar-refractivity contribution in [1.82, 2.24) is 0 Å². The molecule has 2 atom stereocenters. The van der Waals surface area contributed by atoms with E-state index in [9.17, 15) is 0 Å². The molecule has 0 aromatic heterocycles. The maximum Gasteiger partial charge on any atom is 0.0286 e. The fourth-order valence-corrected chi connectivity index (χ4v) is 1.26. The number of hydrogen-bond donors (Lipinski definition) is 0. The van der Waals surface area contributed by atoms with Crippen molar-refractivity contribution in [1.29, 1.82) is 0 Å². The van der Waals surface area contributed by atoms with E-state index >= 15 is 0 Å². The van der Waals surface area contributed by atoms with Crippen LogP contribution in [0, 0.1) is 11.8 Å². The van der Waals surface area contributed by atoms with E-state index in [1.807, 2.05) is 0 Å². The van der Waals surface area contributed by atoms with Crippen LogP contribution in [0.3, 0.4) is 0 Å². The zero-order valence-corrected chi connectivity index (χ0v) is 8.32. The normalized spacial score (nSPS) is 14.9. The van der Waals surface area contributed by atoms with Crippen LogP contribution < -0.4 is 0 Å². The predicted octanol–water partition coefficient (Wildman–Crippen LogP) is 3.76. The molecule has 3 heteroatoms. The average Bonchev–Trinajstić information content (AvgIpc) is 2.11. The minimum atomic E-state index is 0.579. The van der Waals surface area contributed by atoms with Gasteiger partial charge in [-0.1, -0.05) is 38.7 Å². The van der Waals surface area contributed by atoms with Gasteiger partial charge in [0.15, 0.2) is 0 Å². The largest absolute Gasteiger partial charge is 0.0937 e. The van der Waals surface area contributed by atoms with E-state index in [0.29, 0.717) is 12.5 Å². The van der Waals surface area contributed by atoms with E-state index in [1.165, 1.54) is 12.8 Å². The van der Waals surface area contributed by atoms with Crippen molar-refractivity contribution >= 4 is 0 Å². The third kappa shape index (κ3) is 5.03. The predicted molar refractivity (Wildman–Crippen MR) is 51.9 cm³/mol. The molecule has 0 spiro atoms. The molecule has 70 valence electrons. The van der Waals surface area contributed by atoms with Crippen molar-refractivity contribution in [2.75, 3.05) is 6.54 Å². The summed E-state index contributed by atoms with van der Waals surface area (Å²) in [6.45, 7) is 7.26. The molecule has 0 saturated carbocycles. The SMILES string of the molecule is CC[C@@H](C)C[C@@H](CC)CN=[N+]=[N-]. The fourth-order valence-electron chi connectivity index (χ4n) is 1.26. The smallest absolute Gasteiger partial charge is 0.0286 e. The Balaban J connectivity index is 3.73. The maximum atomic E-state index is 8.16. The summed E-state index contributed by atoms with van der Waals surface area (Å²) < 4.78 is 0. The van der Waals surface area contributed by atoms with E-state index in [0.717, 1.165) is 12.3 Å². The molecule has 0 fully saturated rings. The first-order valence-electron chi connectivity index (χ1n) is 4.75. The van der Waals surface area contributed by atoms with Crippen molar-refractivity contribution in [2.24, 2.45) is 17.0 Å². The molecule has 0 heterocycles. The van der Waals surface area contributed by atoms with E-state index < -0.39 is 0 Å². The minimum Gasteiger partial charge on any atom is -0.0937 e. The van der Waals surface area contributed by atoms with Gasteiger partial charge in [0.25, 0.3) is 0 Å². The summed E-state index contributed by atoms with van der Waals surface area (Å²) in [6.07, 6.45) is 3.52. The molecule has 0 bridgehead atoms. The van der Waals surface area contributed by atoms with Crippen LogP contribution in [0.25, 0.3) is 10.4 Å². The van der Waals surface area contributed by atoms with Crippen LogP contribution in [0.2, 0.25) is 0 Å². The summed E-state index contributed by atoms with van der Waals surface area (Å²) in [7, 11) is 0. The molecule has 0 aromatic rings. The molecule has 0 saturated heterocycles. The summed E-state index contributed by atoms with van der Waals surface area (Å²) in [5.41, 5.74) is 8.16. The monoisotopic (exact) mass is 169 g/mol. The zero-order valence-electron chi connectivity index (χ0n) is 8.32. The number of rotatable bonds is 6. The Labute approximate surface area is 74.8 Å². The number of nitrogens with zero attached hydrogens (tertiary/aromatic N) is 3. The van der Waals surface area contributed by atoms with Gasteiger partial charge < -0.3 is 0 Å². The molecule has 3 nitrogen and oxygen atoms in total. The summed E-state index contributed by atoms with van der Waals surface area (Å²) in [4.78, 5) is 2.78. The van der Waals surface area contributed by atoms with Gasteiger partial charge in [-0.25, -0.2) is 0 Å². The molecular weight excluding hydrogens is 150 g/mol. The zero-order chi connectivity index (χ0) is 9.40. The maximum absolute atomic E-state index is 8.16. The lowest BCUT2D eigenvalue weighted by molar-refractivity contribution is 0.380. The third-order valence-corrected chi connectivity index (χ3v) is 2.41. The standard InChI is InChI=1S/C9H19N3/c1-4-8(3)6-9(5-2)7-11-12-10/h8-9H,4-7H2,1-3H3/t8-,9-/m1/s1. The van der Waals surface area contributed by atoms with Gasteiger partial charge in [0.05, 0.1) is 0 Å². The topological polar surface area (TPSA) is 48.8 Å². The van der Waals surface area contributed by atoms with Gasteiger partial charge in [0, 0.05) is 11.5 Å². The molecule has 0 radical (unpaired) electrons. The van der Waals surface area contributed by atoms with Gasteiger partial charge in [-0.3, -0.25) is 0 Å². The summed E-state index contributed by atoms with van der Waals surface area (Å²) in [5.74, 6) is 1.33. The van der Waals surface area contributed by atoms with Gasteiger partial charge in [-0.15, -0.1) is 0 Å². The van der Waals surface area contributed by atoms with Crippen molar-refractivity contribution in [3.05, 3.63) is 10.4 Å². The summed E-state index contributed by atoms with van der Waals surface area (Å²) >= 11 is 0.